The number of hydrogen-bond acceptors (Lipinski definition) is 5. The van der Waals surface area contributed by atoms with Gasteiger partial charge >= 0.3 is 12.1 Å². The van der Waals surface area contributed by atoms with Gasteiger partial charge in [0.15, 0.2) is 0 Å². The fraction of sp³-hybridized carbons (Fsp3) is 0.154. The molecule has 1 heterocycles. The van der Waals surface area contributed by atoms with E-state index in [1.165, 1.54) is 19.2 Å². The van der Waals surface area contributed by atoms with E-state index in [9.17, 15) is 18.0 Å². The molecule has 0 radical (unpaired) electrons. The SMILES string of the molecule is COC(=O)c1cccc(Nc2nccc(C(F)(F)F)n2)c1. The number of hydrogen-bond donors (Lipinski definition) is 1. The molecule has 2 aromatic rings. The van der Waals surface area contributed by atoms with E-state index < -0.39 is 17.8 Å². The summed E-state index contributed by atoms with van der Waals surface area (Å²) in [5.41, 5.74) is -0.421. The summed E-state index contributed by atoms with van der Waals surface area (Å²) in [5.74, 6) is -0.768. The Labute approximate surface area is 117 Å². The topological polar surface area (TPSA) is 64.1 Å². The number of benzene rings is 1. The molecule has 0 atom stereocenters. The summed E-state index contributed by atoms with van der Waals surface area (Å²) >= 11 is 0. The first-order valence-corrected chi connectivity index (χ1v) is 5.76. The highest BCUT2D eigenvalue weighted by Crippen LogP contribution is 2.28. The van der Waals surface area contributed by atoms with E-state index in [2.05, 4.69) is 20.0 Å². The Kier molecular flexibility index (Phi) is 4.06. The predicted molar refractivity (Wildman–Crippen MR) is 68.1 cm³/mol. The zero-order chi connectivity index (χ0) is 15.5. The van der Waals surface area contributed by atoms with Crippen LogP contribution in [-0.4, -0.2) is 23.0 Å². The van der Waals surface area contributed by atoms with Crippen LogP contribution >= 0.6 is 0 Å². The van der Waals surface area contributed by atoms with Gasteiger partial charge in [0.25, 0.3) is 0 Å². The second kappa shape index (κ2) is 5.78. The summed E-state index contributed by atoms with van der Waals surface area (Å²) in [4.78, 5) is 18.4. The van der Waals surface area contributed by atoms with Crippen LogP contribution in [0.3, 0.4) is 0 Å². The summed E-state index contributed by atoms with van der Waals surface area (Å²) in [5, 5.41) is 2.61. The van der Waals surface area contributed by atoms with Crippen molar-refractivity contribution in [3.8, 4) is 0 Å². The van der Waals surface area contributed by atoms with Gasteiger partial charge in [-0.1, -0.05) is 6.07 Å². The van der Waals surface area contributed by atoms with Crippen LogP contribution in [0.4, 0.5) is 24.8 Å². The van der Waals surface area contributed by atoms with Gasteiger partial charge in [-0.3, -0.25) is 0 Å². The number of esters is 1. The van der Waals surface area contributed by atoms with E-state index in [0.717, 1.165) is 12.3 Å². The molecule has 0 amide bonds. The number of carbonyl (C=O) groups is 1. The van der Waals surface area contributed by atoms with Gasteiger partial charge in [0, 0.05) is 11.9 Å². The molecule has 0 aliphatic rings. The summed E-state index contributed by atoms with van der Waals surface area (Å²) in [6.07, 6.45) is -3.55. The fourth-order valence-electron chi connectivity index (χ4n) is 1.55. The van der Waals surface area contributed by atoms with Crippen LogP contribution in [0.15, 0.2) is 36.5 Å². The number of methoxy groups -OCH3 is 1. The number of aromatic nitrogens is 2. The predicted octanol–water partition coefficient (Wildman–Crippen LogP) is 3.03. The molecule has 21 heavy (non-hydrogen) atoms. The second-order valence-corrected chi connectivity index (χ2v) is 3.96. The van der Waals surface area contributed by atoms with Crippen molar-refractivity contribution in [2.24, 2.45) is 0 Å². The third-order valence-corrected chi connectivity index (χ3v) is 2.49. The number of nitrogens with zero attached hydrogens (tertiary/aromatic N) is 2. The Bertz CT molecular complexity index is 659. The average Bonchev–Trinajstić information content (AvgIpc) is 2.46. The highest BCUT2D eigenvalue weighted by atomic mass is 19.4. The van der Waals surface area contributed by atoms with E-state index in [4.69, 9.17) is 0 Å². The van der Waals surface area contributed by atoms with Crippen molar-refractivity contribution in [2.45, 2.75) is 6.18 Å². The van der Waals surface area contributed by atoms with Crippen LogP contribution in [0.25, 0.3) is 0 Å². The average molecular weight is 297 g/mol. The maximum absolute atomic E-state index is 12.5. The number of alkyl halides is 3. The Balaban J connectivity index is 2.24. The number of halogens is 3. The monoisotopic (exact) mass is 297 g/mol. The van der Waals surface area contributed by atoms with Crippen LogP contribution < -0.4 is 5.32 Å². The van der Waals surface area contributed by atoms with E-state index >= 15 is 0 Å². The molecular weight excluding hydrogens is 287 g/mol. The molecule has 2 rings (SSSR count). The van der Waals surface area contributed by atoms with E-state index in [0.29, 0.717) is 5.69 Å². The minimum Gasteiger partial charge on any atom is -0.465 e. The molecule has 5 nitrogen and oxygen atoms in total. The Hall–Kier alpha value is -2.64. The molecular formula is C13H10F3N3O2. The highest BCUT2D eigenvalue weighted by Gasteiger charge is 2.32. The standard InChI is InChI=1S/C13H10F3N3O2/c1-21-11(20)8-3-2-4-9(7-8)18-12-17-6-5-10(19-12)13(14,15)16/h2-7H,1H3,(H,17,18,19). The minimum atomic E-state index is -4.55. The molecule has 0 unspecified atom stereocenters. The van der Waals surface area contributed by atoms with Crippen molar-refractivity contribution in [2.75, 3.05) is 12.4 Å². The van der Waals surface area contributed by atoms with Gasteiger partial charge < -0.3 is 10.1 Å². The summed E-state index contributed by atoms with van der Waals surface area (Å²) < 4.78 is 42.2. The van der Waals surface area contributed by atoms with Crippen molar-refractivity contribution in [3.63, 3.8) is 0 Å². The van der Waals surface area contributed by atoms with Crippen LogP contribution in [0.2, 0.25) is 0 Å². The van der Waals surface area contributed by atoms with Crippen molar-refractivity contribution < 1.29 is 22.7 Å². The molecule has 0 aliphatic heterocycles. The van der Waals surface area contributed by atoms with Gasteiger partial charge in [-0.25, -0.2) is 14.8 Å². The number of carbonyl (C=O) groups excluding carboxylic acids is 1. The normalized spacial score (nSPS) is 11.0. The van der Waals surface area contributed by atoms with E-state index in [-0.39, 0.29) is 11.5 Å². The fourth-order valence-corrected chi connectivity index (χ4v) is 1.55. The molecule has 1 N–H and O–H groups in total. The van der Waals surface area contributed by atoms with Crippen LogP contribution in [-0.2, 0) is 10.9 Å². The molecule has 0 saturated heterocycles. The van der Waals surface area contributed by atoms with Gasteiger partial charge in [-0.05, 0) is 24.3 Å². The number of anilines is 2. The van der Waals surface area contributed by atoms with Gasteiger partial charge in [-0.2, -0.15) is 13.2 Å². The number of ether oxygens (including phenoxy) is 1. The molecule has 0 aliphatic carbocycles. The first kappa shape index (κ1) is 14.8. The zero-order valence-corrected chi connectivity index (χ0v) is 10.8. The molecule has 8 heteroatoms. The molecule has 0 saturated carbocycles. The maximum Gasteiger partial charge on any atom is 0.433 e. The largest absolute Gasteiger partial charge is 0.465 e. The highest BCUT2D eigenvalue weighted by molar-refractivity contribution is 5.90. The first-order valence-electron chi connectivity index (χ1n) is 5.76. The van der Waals surface area contributed by atoms with Crippen molar-refractivity contribution >= 4 is 17.6 Å². The number of rotatable bonds is 3. The van der Waals surface area contributed by atoms with Crippen LogP contribution in [0.1, 0.15) is 16.1 Å². The Morgan fingerprint density at radius 3 is 2.71 bits per heavy atom. The molecule has 0 spiro atoms. The minimum absolute atomic E-state index is 0.216. The quantitative estimate of drug-likeness (QED) is 0.882. The number of nitrogens with one attached hydrogen (secondary N) is 1. The summed E-state index contributed by atoms with van der Waals surface area (Å²) in [6.45, 7) is 0. The van der Waals surface area contributed by atoms with Crippen molar-refractivity contribution in [3.05, 3.63) is 47.8 Å². The van der Waals surface area contributed by atoms with Crippen LogP contribution in [0, 0.1) is 0 Å². The molecule has 0 fully saturated rings. The van der Waals surface area contributed by atoms with Gasteiger partial charge in [0.05, 0.1) is 12.7 Å². The maximum atomic E-state index is 12.5. The molecule has 1 aromatic carbocycles. The summed E-state index contributed by atoms with van der Waals surface area (Å²) in [7, 11) is 1.23. The van der Waals surface area contributed by atoms with Crippen molar-refractivity contribution in [1.29, 1.82) is 0 Å². The van der Waals surface area contributed by atoms with E-state index in [1.54, 1.807) is 12.1 Å². The smallest absolute Gasteiger partial charge is 0.433 e. The lowest BCUT2D eigenvalue weighted by Crippen LogP contribution is -2.10. The van der Waals surface area contributed by atoms with E-state index in [1.807, 2.05) is 0 Å². The van der Waals surface area contributed by atoms with Gasteiger partial charge in [0.1, 0.15) is 5.69 Å². The van der Waals surface area contributed by atoms with Crippen LogP contribution in [0.5, 0.6) is 0 Å². The molecule has 1 aromatic heterocycles. The summed E-state index contributed by atoms with van der Waals surface area (Å²) in [6, 6.07) is 6.84. The Morgan fingerprint density at radius 1 is 1.29 bits per heavy atom. The lowest BCUT2D eigenvalue weighted by molar-refractivity contribution is -0.141. The second-order valence-electron chi connectivity index (χ2n) is 3.96. The lowest BCUT2D eigenvalue weighted by Gasteiger charge is -2.09. The third kappa shape index (κ3) is 3.68. The molecule has 110 valence electrons. The van der Waals surface area contributed by atoms with Gasteiger partial charge in [0.2, 0.25) is 5.95 Å². The lowest BCUT2D eigenvalue weighted by atomic mass is 10.2. The third-order valence-electron chi connectivity index (χ3n) is 2.49. The first-order chi connectivity index (χ1) is 9.90. The molecule has 0 bridgehead atoms. The van der Waals surface area contributed by atoms with Gasteiger partial charge in [-0.15, -0.1) is 0 Å². The Morgan fingerprint density at radius 2 is 2.05 bits per heavy atom. The van der Waals surface area contributed by atoms with Crippen molar-refractivity contribution in [1.82, 2.24) is 9.97 Å². The zero-order valence-electron chi connectivity index (χ0n) is 10.8.